The molecule has 2 heterocycles. The van der Waals surface area contributed by atoms with Crippen molar-refractivity contribution < 1.29 is 4.74 Å². The molecule has 0 atom stereocenters. The first-order valence-corrected chi connectivity index (χ1v) is 10.6. The van der Waals surface area contributed by atoms with Crippen molar-refractivity contribution >= 4 is 16.7 Å². The third-order valence-electron chi connectivity index (χ3n) is 6.42. The molecule has 3 aromatic rings. The van der Waals surface area contributed by atoms with Gasteiger partial charge in [0.2, 0.25) is 5.95 Å². The van der Waals surface area contributed by atoms with Crippen molar-refractivity contribution in [3.63, 3.8) is 0 Å². The van der Waals surface area contributed by atoms with Crippen molar-refractivity contribution in [3.8, 4) is 11.3 Å². The molecular formula is C23H27N5O. The summed E-state index contributed by atoms with van der Waals surface area (Å²) in [5, 5.41) is 14.4. The smallest absolute Gasteiger partial charge is 0.243 e. The number of hydrogen-bond donors (Lipinski definition) is 1. The minimum Gasteiger partial charge on any atom is -0.379 e. The molecule has 0 radical (unpaired) electrons. The standard InChI is InChI=1S/C23H27N5O/c1-2-8-19-18(6-1)7-5-9-20(19)21-16-25-27-22(26-21)24-17-23(10-3-4-11-23)28-12-14-29-15-13-28/h1-2,5-9,16H,3-4,10-15,17H2,(H,24,26,27). The number of fused-ring (bicyclic) bond motifs is 1. The number of morpholine rings is 1. The first kappa shape index (κ1) is 18.5. The average Bonchev–Trinajstić information content (AvgIpc) is 3.28. The maximum Gasteiger partial charge on any atom is 0.243 e. The number of anilines is 1. The topological polar surface area (TPSA) is 63.2 Å². The SMILES string of the molecule is c1ccc2c(-c3cnnc(NCC4(N5CCOCC5)CCCC4)n3)cccc2c1. The van der Waals surface area contributed by atoms with Gasteiger partial charge in [0.05, 0.1) is 25.1 Å². The third kappa shape index (κ3) is 3.70. The minimum atomic E-state index is 0.183. The van der Waals surface area contributed by atoms with Gasteiger partial charge in [0.15, 0.2) is 0 Å². The van der Waals surface area contributed by atoms with Crippen LogP contribution in [-0.4, -0.2) is 58.5 Å². The van der Waals surface area contributed by atoms with Gasteiger partial charge in [-0.3, -0.25) is 4.90 Å². The van der Waals surface area contributed by atoms with E-state index in [1.807, 2.05) is 0 Å². The van der Waals surface area contributed by atoms with Crippen molar-refractivity contribution in [2.75, 3.05) is 38.2 Å². The maximum absolute atomic E-state index is 5.57. The van der Waals surface area contributed by atoms with Crippen LogP contribution in [0.2, 0.25) is 0 Å². The Hall–Kier alpha value is -2.57. The summed E-state index contributed by atoms with van der Waals surface area (Å²) >= 11 is 0. The second-order valence-electron chi connectivity index (χ2n) is 8.08. The zero-order valence-corrected chi connectivity index (χ0v) is 16.7. The lowest BCUT2D eigenvalue weighted by Crippen LogP contribution is -2.55. The monoisotopic (exact) mass is 389 g/mol. The number of ether oxygens (including phenoxy) is 1. The van der Waals surface area contributed by atoms with Gasteiger partial charge < -0.3 is 10.1 Å². The molecule has 1 saturated heterocycles. The molecule has 0 spiro atoms. The van der Waals surface area contributed by atoms with Gasteiger partial charge in [-0.05, 0) is 23.6 Å². The van der Waals surface area contributed by atoms with E-state index < -0.39 is 0 Å². The molecule has 1 aliphatic carbocycles. The van der Waals surface area contributed by atoms with E-state index in [0.29, 0.717) is 5.95 Å². The molecule has 1 aromatic heterocycles. The van der Waals surface area contributed by atoms with E-state index in [1.54, 1.807) is 6.20 Å². The fourth-order valence-corrected chi connectivity index (χ4v) is 4.88. The van der Waals surface area contributed by atoms with Crippen LogP contribution in [0.3, 0.4) is 0 Å². The number of hydrogen-bond acceptors (Lipinski definition) is 6. The molecule has 1 saturated carbocycles. The second kappa shape index (κ2) is 8.05. The number of aromatic nitrogens is 3. The summed E-state index contributed by atoms with van der Waals surface area (Å²) < 4.78 is 5.57. The van der Waals surface area contributed by atoms with Crippen LogP contribution in [0, 0.1) is 0 Å². The van der Waals surface area contributed by atoms with Crippen LogP contribution in [0.1, 0.15) is 25.7 Å². The quantitative estimate of drug-likeness (QED) is 0.717. The molecule has 0 amide bonds. The lowest BCUT2D eigenvalue weighted by molar-refractivity contribution is -0.0160. The minimum absolute atomic E-state index is 0.183. The number of benzene rings is 2. The average molecular weight is 390 g/mol. The van der Waals surface area contributed by atoms with Crippen LogP contribution in [0.4, 0.5) is 5.95 Å². The Kier molecular flexibility index (Phi) is 5.12. The van der Waals surface area contributed by atoms with Crippen LogP contribution in [0.25, 0.3) is 22.0 Å². The Morgan fingerprint density at radius 1 is 1.00 bits per heavy atom. The zero-order valence-electron chi connectivity index (χ0n) is 16.7. The van der Waals surface area contributed by atoms with Crippen molar-refractivity contribution in [2.24, 2.45) is 0 Å². The van der Waals surface area contributed by atoms with Gasteiger partial charge in [-0.25, -0.2) is 4.98 Å². The third-order valence-corrected chi connectivity index (χ3v) is 6.42. The highest BCUT2D eigenvalue weighted by molar-refractivity contribution is 5.95. The molecule has 0 unspecified atom stereocenters. The Morgan fingerprint density at radius 3 is 2.66 bits per heavy atom. The molecule has 5 rings (SSSR count). The van der Waals surface area contributed by atoms with Crippen LogP contribution < -0.4 is 5.32 Å². The van der Waals surface area contributed by atoms with Gasteiger partial charge in [-0.2, -0.15) is 5.10 Å². The molecule has 2 aromatic carbocycles. The highest BCUT2D eigenvalue weighted by Crippen LogP contribution is 2.36. The van der Waals surface area contributed by atoms with E-state index in [9.17, 15) is 0 Å². The van der Waals surface area contributed by atoms with E-state index in [-0.39, 0.29) is 5.54 Å². The molecule has 6 heteroatoms. The van der Waals surface area contributed by atoms with E-state index in [2.05, 4.69) is 62.9 Å². The Balaban J connectivity index is 1.38. The summed E-state index contributed by atoms with van der Waals surface area (Å²) in [7, 11) is 0. The summed E-state index contributed by atoms with van der Waals surface area (Å²) in [5.41, 5.74) is 2.12. The molecule has 1 aliphatic heterocycles. The first-order valence-electron chi connectivity index (χ1n) is 10.6. The number of nitrogens with one attached hydrogen (secondary N) is 1. The number of nitrogens with zero attached hydrogens (tertiary/aromatic N) is 4. The molecular weight excluding hydrogens is 362 g/mol. The molecule has 6 nitrogen and oxygen atoms in total. The summed E-state index contributed by atoms with van der Waals surface area (Å²) in [6.45, 7) is 4.54. The van der Waals surface area contributed by atoms with Crippen LogP contribution in [0.15, 0.2) is 48.7 Å². The Morgan fingerprint density at radius 2 is 1.79 bits per heavy atom. The van der Waals surface area contributed by atoms with Gasteiger partial charge in [0.25, 0.3) is 0 Å². The zero-order chi connectivity index (χ0) is 19.5. The second-order valence-corrected chi connectivity index (χ2v) is 8.08. The molecule has 0 bridgehead atoms. The van der Waals surface area contributed by atoms with Crippen molar-refractivity contribution in [1.82, 2.24) is 20.1 Å². The largest absolute Gasteiger partial charge is 0.379 e. The van der Waals surface area contributed by atoms with Crippen LogP contribution >= 0.6 is 0 Å². The summed E-state index contributed by atoms with van der Waals surface area (Å²) in [6.07, 6.45) is 6.76. The van der Waals surface area contributed by atoms with Gasteiger partial charge in [0.1, 0.15) is 0 Å². The van der Waals surface area contributed by atoms with Crippen LogP contribution in [-0.2, 0) is 4.74 Å². The van der Waals surface area contributed by atoms with E-state index in [0.717, 1.165) is 44.1 Å². The number of rotatable bonds is 5. The van der Waals surface area contributed by atoms with Crippen molar-refractivity contribution in [1.29, 1.82) is 0 Å². The fraction of sp³-hybridized carbons (Fsp3) is 0.435. The van der Waals surface area contributed by atoms with Crippen molar-refractivity contribution in [3.05, 3.63) is 48.7 Å². The normalized spacial score (nSPS) is 19.4. The maximum atomic E-state index is 5.57. The molecule has 2 aliphatic rings. The molecule has 2 fully saturated rings. The lowest BCUT2D eigenvalue weighted by atomic mass is 9.94. The first-order chi connectivity index (χ1) is 14.3. The Labute approximate surface area is 171 Å². The van der Waals surface area contributed by atoms with E-state index in [4.69, 9.17) is 9.72 Å². The van der Waals surface area contributed by atoms with Crippen LogP contribution in [0.5, 0.6) is 0 Å². The van der Waals surface area contributed by atoms with Gasteiger partial charge in [-0.1, -0.05) is 55.3 Å². The highest BCUT2D eigenvalue weighted by atomic mass is 16.5. The summed E-state index contributed by atoms with van der Waals surface area (Å²) in [4.78, 5) is 7.41. The fourth-order valence-electron chi connectivity index (χ4n) is 4.88. The van der Waals surface area contributed by atoms with Crippen molar-refractivity contribution in [2.45, 2.75) is 31.2 Å². The predicted molar refractivity (Wildman–Crippen MR) is 115 cm³/mol. The predicted octanol–water partition coefficient (Wildman–Crippen LogP) is 3.75. The molecule has 29 heavy (non-hydrogen) atoms. The van der Waals surface area contributed by atoms with E-state index in [1.165, 1.54) is 36.5 Å². The van der Waals surface area contributed by atoms with E-state index >= 15 is 0 Å². The summed E-state index contributed by atoms with van der Waals surface area (Å²) in [6, 6.07) is 14.7. The van der Waals surface area contributed by atoms with Gasteiger partial charge in [-0.15, -0.1) is 5.10 Å². The Bertz CT molecular complexity index is 974. The van der Waals surface area contributed by atoms with Gasteiger partial charge in [0, 0.05) is 30.7 Å². The molecule has 150 valence electrons. The molecule has 1 N–H and O–H groups in total. The van der Waals surface area contributed by atoms with Gasteiger partial charge >= 0.3 is 0 Å². The lowest BCUT2D eigenvalue weighted by Gasteiger charge is -2.43. The highest BCUT2D eigenvalue weighted by Gasteiger charge is 2.40. The summed E-state index contributed by atoms with van der Waals surface area (Å²) in [5.74, 6) is 0.606.